The van der Waals surface area contributed by atoms with Crippen LogP contribution in [0.3, 0.4) is 0 Å². The van der Waals surface area contributed by atoms with Gasteiger partial charge in [-0.2, -0.15) is 15.3 Å². The molecule has 1 N–H and O–H groups in total. The summed E-state index contributed by atoms with van der Waals surface area (Å²) in [5.41, 5.74) is 4.41. The predicted molar refractivity (Wildman–Crippen MR) is 161 cm³/mol. The van der Waals surface area contributed by atoms with Gasteiger partial charge in [-0.1, -0.05) is 73.1 Å². The van der Waals surface area contributed by atoms with Crippen molar-refractivity contribution in [2.75, 3.05) is 11.9 Å². The molecule has 0 saturated heterocycles. The summed E-state index contributed by atoms with van der Waals surface area (Å²) < 4.78 is 13.7. The lowest BCUT2D eigenvalue weighted by molar-refractivity contribution is 0.317. The summed E-state index contributed by atoms with van der Waals surface area (Å²) in [5, 5.41) is 20.6. The number of anilines is 1. The molecule has 0 spiro atoms. The monoisotopic (exact) mass is 559 g/mol. The molecule has 0 amide bonds. The van der Waals surface area contributed by atoms with E-state index in [0.717, 1.165) is 45.3 Å². The SMILES string of the molecule is CCCOc1ccc(-c2nn(-c3ccccc3)cc2CNc2oc(-c3cccc4ccccc34)nc2C#N)cc1Cl. The molecule has 2 heterocycles. The van der Waals surface area contributed by atoms with E-state index in [1.165, 1.54) is 0 Å². The Morgan fingerprint density at radius 2 is 1.80 bits per heavy atom. The molecule has 0 aliphatic heterocycles. The molecule has 0 unspecified atom stereocenters. The number of halogens is 1. The second kappa shape index (κ2) is 11.6. The van der Waals surface area contributed by atoms with Crippen molar-refractivity contribution in [2.45, 2.75) is 19.9 Å². The van der Waals surface area contributed by atoms with E-state index in [2.05, 4.69) is 23.3 Å². The van der Waals surface area contributed by atoms with Crippen molar-refractivity contribution < 1.29 is 9.15 Å². The first kappa shape index (κ1) is 26.2. The van der Waals surface area contributed by atoms with Crippen LogP contribution in [-0.4, -0.2) is 21.4 Å². The highest BCUT2D eigenvalue weighted by Gasteiger charge is 2.19. The van der Waals surface area contributed by atoms with Crippen molar-refractivity contribution in [1.82, 2.24) is 14.8 Å². The predicted octanol–water partition coefficient (Wildman–Crippen LogP) is 8.27. The molecule has 0 fully saturated rings. The van der Waals surface area contributed by atoms with Crippen LogP contribution in [-0.2, 0) is 6.54 Å². The average Bonchev–Trinajstić information content (AvgIpc) is 3.64. The van der Waals surface area contributed by atoms with Crippen LogP contribution in [0.4, 0.5) is 5.88 Å². The molecule has 2 aromatic heterocycles. The topological polar surface area (TPSA) is 88.9 Å². The van der Waals surface area contributed by atoms with Gasteiger partial charge >= 0.3 is 0 Å². The molecule has 0 bridgehead atoms. The van der Waals surface area contributed by atoms with Gasteiger partial charge < -0.3 is 14.5 Å². The third-order valence-electron chi connectivity index (χ3n) is 6.67. The van der Waals surface area contributed by atoms with Gasteiger partial charge in [-0.05, 0) is 53.6 Å². The number of nitrogens with zero attached hydrogens (tertiary/aromatic N) is 4. The molecule has 0 aliphatic carbocycles. The van der Waals surface area contributed by atoms with Gasteiger partial charge in [0.15, 0.2) is 0 Å². The lowest BCUT2D eigenvalue weighted by atomic mass is 10.0. The van der Waals surface area contributed by atoms with Gasteiger partial charge in [0.1, 0.15) is 11.8 Å². The van der Waals surface area contributed by atoms with Crippen molar-refractivity contribution in [3.8, 4) is 40.2 Å². The zero-order valence-electron chi connectivity index (χ0n) is 22.3. The number of hydrogen-bond donors (Lipinski definition) is 1. The molecule has 6 aromatic rings. The molecule has 7 nitrogen and oxygen atoms in total. The Labute approximate surface area is 242 Å². The zero-order chi connectivity index (χ0) is 28.2. The average molecular weight is 560 g/mol. The second-order valence-electron chi connectivity index (χ2n) is 9.47. The zero-order valence-corrected chi connectivity index (χ0v) is 23.1. The van der Waals surface area contributed by atoms with E-state index >= 15 is 0 Å². The molecule has 0 saturated carbocycles. The van der Waals surface area contributed by atoms with E-state index in [4.69, 9.17) is 25.9 Å². The van der Waals surface area contributed by atoms with Gasteiger partial charge in [0, 0.05) is 29.4 Å². The van der Waals surface area contributed by atoms with E-state index in [-0.39, 0.29) is 5.69 Å². The van der Waals surface area contributed by atoms with Gasteiger partial charge in [-0.15, -0.1) is 0 Å². The number of hydrogen-bond acceptors (Lipinski definition) is 6. The maximum absolute atomic E-state index is 9.84. The smallest absolute Gasteiger partial charge is 0.232 e. The third kappa shape index (κ3) is 5.38. The highest BCUT2D eigenvalue weighted by atomic mass is 35.5. The minimum atomic E-state index is 0.186. The molecular weight excluding hydrogens is 534 g/mol. The van der Waals surface area contributed by atoms with Crippen LogP contribution in [0.15, 0.2) is 102 Å². The molecule has 8 heteroatoms. The van der Waals surface area contributed by atoms with Gasteiger partial charge in [-0.3, -0.25) is 0 Å². The fourth-order valence-electron chi connectivity index (χ4n) is 4.69. The molecule has 41 heavy (non-hydrogen) atoms. The number of nitriles is 1. The van der Waals surface area contributed by atoms with Crippen molar-refractivity contribution in [3.05, 3.63) is 113 Å². The number of benzene rings is 4. The lowest BCUT2D eigenvalue weighted by Gasteiger charge is -2.09. The summed E-state index contributed by atoms with van der Waals surface area (Å²) in [4.78, 5) is 4.50. The number of ether oxygens (including phenoxy) is 1. The van der Waals surface area contributed by atoms with Crippen LogP contribution >= 0.6 is 11.6 Å². The fourth-order valence-corrected chi connectivity index (χ4v) is 4.93. The Morgan fingerprint density at radius 1 is 1.00 bits per heavy atom. The number of para-hydroxylation sites is 1. The summed E-state index contributed by atoms with van der Waals surface area (Å²) in [7, 11) is 0. The Kier molecular flexibility index (Phi) is 7.40. The first-order valence-electron chi connectivity index (χ1n) is 13.3. The summed E-state index contributed by atoms with van der Waals surface area (Å²) in [5.74, 6) is 1.33. The van der Waals surface area contributed by atoms with E-state index < -0.39 is 0 Å². The normalized spacial score (nSPS) is 11.0. The quantitative estimate of drug-likeness (QED) is 0.192. The number of oxazole rings is 1. The van der Waals surface area contributed by atoms with Crippen LogP contribution < -0.4 is 10.1 Å². The van der Waals surface area contributed by atoms with E-state index in [1.807, 2.05) is 102 Å². The standard InChI is InChI=1S/C33H26ClN5O2/c1-2-17-40-30-16-15-23(18-28(30)34)31-24(21-39(38-31)25-11-4-3-5-12-25)20-36-33-29(19-35)37-32(41-33)27-14-8-10-22-9-6-7-13-26(22)27/h3-16,18,21,36H,2,17,20H2,1H3. The highest BCUT2D eigenvalue weighted by Crippen LogP contribution is 2.34. The van der Waals surface area contributed by atoms with Crippen LogP contribution in [0, 0.1) is 11.3 Å². The lowest BCUT2D eigenvalue weighted by Crippen LogP contribution is -2.01. The van der Waals surface area contributed by atoms with Gasteiger partial charge in [0.2, 0.25) is 17.5 Å². The Bertz CT molecular complexity index is 1870. The molecular formula is C33H26ClN5O2. The molecule has 0 aliphatic rings. The summed E-state index contributed by atoms with van der Waals surface area (Å²) >= 11 is 6.57. The van der Waals surface area contributed by atoms with Gasteiger partial charge in [-0.25, -0.2) is 4.68 Å². The van der Waals surface area contributed by atoms with Crippen LogP contribution in [0.1, 0.15) is 24.6 Å². The molecule has 0 radical (unpaired) electrons. The first-order valence-corrected chi connectivity index (χ1v) is 13.7. The Hall–Kier alpha value is -5.06. The number of fused-ring (bicyclic) bond motifs is 1. The van der Waals surface area contributed by atoms with Gasteiger partial charge in [0.05, 0.1) is 23.0 Å². The number of rotatable bonds is 9. The number of nitrogens with one attached hydrogen (secondary N) is 1. The maximum Gasteiger partial charge on any atom is 0.232 e. The van der Waals surface area contributed by atoms with E-state index in [1.54, 1.807) is 0 Å². The fraction of sp³-hybridized carbons (Fsp3) is 0.121. The van der Waals surface area contributed by atoms with E-state index in [9.17, 15) is 5.26 Å². The molecule has 6 rings (SSSR count). The van der Waals surface area contributed by atoms with Crippen LogP contribution in [0.5, 0.6) is 5.75 Å². The minimum Gasteiger partial charge on any atom is -0.492 e. The van der Waals surface area contributed by atoms with Crippen molar-refractivity contribution in [3.63, 3.8) is 0 Å². The van der Waals surface area contributed by atoms with Gasteiger partial charge in [0.25, 0.3) is 0 Å². The third-order valence-corrected chi connectivity index (χ3v) is 6.97. The number of aromatic nitrogens is 3. The minimum absolute atomic E-state index is 0.186. The Morgan fingerprint density at radius 3 is 2.61 bits per heavy atom. The van der Waals surface area contributed by atoms with E-state index in [0.29, 0.717) is 35.7 Å². The second-order valence-corrected chi connectivity index (χ2v) is 9.87. The first-order chi connectivity index (χ1) is 20.1. The molecule has 0 atom stereocenters. The van der Waals surface area contributed by atoms with Crippen molar-refractivity contribution >= 4 is 28.3 Å². The van der Waals surface area contributed by atoms with Crippen molar-refractivity contribution in [1.29, 1.82) is 5.26 Å². The van der Waals surface area contributed by atoms with Crippen LogP contribution in [0.2, 0.25) is 5.02 Å². The summed E-state index contributed by atoms with van der Waals surface area (Å²) in [6.45, 7) is 2.98. The van der Waals surface area contributed by atoms with Crippen LogP contribution in [0.25, 0.3) is 39.2 Å². The summed E-state index contributed by atoms with van der Waals surface area (Å²) in [6.07, 6.45) is 2.85. The largest absolute Gasteiger partial charge is 0.492 e. The Balaban J connectivity index is 1.34. The molecule has 202 valence electrons. The highest BCUT2D eigenvalue weighted by molar-refractivity contribution is 6.32. The van der Waals surface area contributed by atoms with Crippen molar-refractivity contribution in [2.24, 2.45) is 0 Å². The molecule has 4 aromatic carbocycles. The summed E-state index contributed by atoms with van der Waals surface area (Å²) in [6, 6.07) is 31.7. The maximum atomic E-state index is 9.84.